The number of carbonyl (C=O) groups is 2. The largest absolute Gasteiger partial charge is 0.346 e. The first-order valence-electron chi connectivity index (χ1n) is 5.06. The SMILES string of the molecule is NCC(=O)NCC(=O)N1CCCSCC1. The van der Waals surface area contributed by atoms with Gasteiger partial charge < -0.3 is 16.0 Å². The van der Waals surface area contributed by atoms with E-state index in [0.29, 0.717) is 0 Å². The second kappa shape index (κ2) is 6.68. The Morgan fingerprint density at radius 1 is 1.33 bits per heavy atom. The number of nitrogens with zero attached hydrogens (tertiary/aromatic N) is 1. The molecule has 0 saturated carbocycles. The number of rotatable bonds is 3. The molecule has 0 unspecified atom stereocenters. The Labute approximate surface area is 93.7 Å². The van der Waals surface area contributed by atoms with Gasteiger partial charge >= 0.3 is 0 Å². The molecule has 6 heteroatoms. The Balaban J connectivity index is 2.28. The molecule has 1 fully saturated rings. The van der Waals surface area contributed by atoms with E-state index in [4.69, 9.17) is 5.73 Å². The van der Waals surface area contributed by atoms with E-state index in [1.54, 1.807) is 4.90 Å². The second-order valence-corrected chi connectivity index (χ2v) is 4.55. The summed E-state index contributed by atoms with van der Waals surface area (Å²) in [6.07, 6.45) is 1.03. The third-order valence-corrected chi connectivity index (χ3v) is 3.25. The van der Waals surface area contributed by atoms with Crippen LogP contribution in [0.1, 0.15) is 6.42 Å². The van der Waals surface area contributed by atoms with Gasteiger partial charge in [0.25, 0.3) is 0 Å². The van der Waals surface area contributed by atoms with Crippen molar-refractivity contribution in [3.05, 3.63) is 0 Å². The van der Waals surface area contributed by atoms with Crippen molar-refractivity contribution >= 4 is 23.6 Å². The fraction of sp³-hybridized carbons (Fsp3) is 0.778. The van der Waals surface area contributed by atoms with Crippen LogP contribution in [0.4, 0.5) is 0 Å². The lowest BCUT2D eigenvalue weighted by atomic mass is 10.4. The van der Waals surface area contributed by atoms with Crippen molar-refractivity contribution in [2.24, 2.45) is 5.73 Å². The van der Waals surface area contributed by atoms with Gasteiger partial charge in [0.2, 0.25) is 11.8 Å². The molecule has 5 nitrogen and oxygen atoms in total. The molecular formula is C9H17N3O2S. The molecule has 0 aromatic heterocycles. The molecular weight excluding hydrogens is 214 g/mol. The molecule has 1 aliphatic heterocycles. The zero-order valence-electron chi connectivity index (χ0n) is 8.70. The highest BCUT2D eigenvalue weighted by atomic mass is 32.2. The Morgan fingerprint density at radius 2 is 2.13 bits per heavy atom. The second-order valence-electron chi connectivity index (χ2n) is 3.33. The fourth-order valence-corrected chi connectivity index (χ4v) is 2.24. The minimum atomic E-state index is -0.285. The summed E-state index contributed by atoms with van der Waals surface area (Å²) in [6, 6.07) is 0. The van der Waals surface area contributed by atoms with E-state index in [9.17, 15) is 9.59 Å². The number of nitrogens with two attached hydrogens (primary N) is 1. The molecule has 86 valence electrons. The zero-order valence-corrected chi connectivity index (χ0v) is 9.52. The van der Waals surface area contributed by atoms with Crippen LogP contribution >= 0.6 is 11.8 Å². The van der Waals surface area contributed by atoms with Gasteiger partial charge in [0.1, 0.15) is 0 Å². The first-order chi connectivity index (χ1) is 7.24. The summed E-state index contributed by atoms with van der Waals surface area (Å²) < 4.78 is 0. The molecule has 0 spiro atoms. The molecule has 1 aliphatic rings. The molecule has 0 aliphatic carbocycles. The quantitative estimate of drug-likeness (QED) is 0.655. The first kappa shape index (κ1) is 12.3. The topological polar surface area (TPSA) is 75.4 Å². The Hall–Kier alpha value is -0.750. The van der Waals surface area contributed by atoms with Gasteiger partial charge in [-0.15, -0.1) is 0 Å². The molecule has 15 heavy (non-hydrogen) atoms. The van der Waals surface area contributed by atoms with Gasteiger partial charge in [0.05, 0.1) is 13.1 Å². The predicted molar refractivity (Wildman–Crippen MR) is 60.6 cm³/mol. The van der Waals surface area contributed by atoms with Crippen LogP contribution in [0.2, 0.25) is 0 Å². The van der Waals surface area contributed by atoms with Crippen LogP contribution in [0.25, 0.3) is 0 Å². The first-order valence-corrected chi connectivity index (χ1v) is 6.22. The van der Waals surface area contributed by atoms with Crippen LogP contribution in [0.3, 0.4) is 0 Å². The highest BCUT2D eigenvalue weighted by molar-refractivity contribution is 7.99. The number of amides is 2. The summed E-state index contributed by atoms with van der Waals surface area (Å²) in [5, 5.41) is 2.49. The van der Waals surface area contributed by atoms with Gasteiger partial charge in [-0.25, -0.2) is 0 Å². The standard InChI is InChI=1S/C9H17N3O2S/c10-6-8(13)11-7-9(14)12-2-1-4-15-5-3-12/h1-7,10H2,(H,11,13). The summed E-state index contributed by atoms with van der Waals surface area (Å²) in [4.78, 5) is 24.3. The summed E-state index contributed by atoms with van der Waals surface area (Å²) in [7, 11) is 0. The third kappa shape index (κ3) is 4.53. The molecule has 0 aromatic rings. The maximum atomic E-state index is 11.6. The van der Waals surface area contributed by atoms with Gasteiger partial charge in [0.15, 0.2) is 0 Å². The molecule has 0 aromatic carbocycles. The summed E-state index contributed by atoms with van der Waals surface area (Å²) in [5.74, 6) is 1.79. The lowest BCUT2D eigenvalue weighted by molar-refractivity contribution is -0.132. The molecule has 3 N–H and O–H groups in total. The summed E-state index contributed by atoms with van der Waals surface area (Å²) >= 11 is 1.86. The summed E-state index contributed by atoms with van der Waals surface area (Å²) in [5.41, 5.74) is 5.12. The van der Waals surface area contributed by atoms with Gasteiger partial charge in [-0.2, -0.15) is 11.8 Å². The minimum absolute atomic E-state index is 0.0145. The third-order valence-electron chi connectivity index (χ3n) is 2.20. The van der Waals surface area contributed by atoms with E-state index in [0.717, 1.165) is 31.0 Å². The van der Waals surface area contributed by atoms with Crippen molar-refractivity contribution in [1.82, 2.24) is 10.2 Å². The summed E-state index contributed by atoms with van der Waals surface area (Å²) in [6.45, 7) is 1.58. The number of thioether (sulfide) groups is 1. The van der Waals surface area contributed by atoms with E-state index < -0.39 is 0 Å². The maximum Gasteiger partial charge on any atom is 0.241 e. The number of hydrogen-bond donors (Lipinski definition) is 2. The van der Waals surface area contributed by atoms with Crippen molar-refractivity contribution in [2.45, 2.75) is 6.42 Å². The van der Waals surface area contributed by atoms with Crippen LogP contribution in [0.15, 0.2) is 0 Å². The van der Waals surface area contributed by atoms with Crippen LogP contribution in [-0.4, -0.2) is 54.4 Å². The average molecular weight is 231 g/mol. The zero-order chi connectivity index (χ0) is 11.1. The van der Waals surface area contributed by atoms with Crippen LogP contribution < -0.4 is 11.1 Å². The van der Waals surface area contributed by atoms with Gasteiger partial charge in [0, 0.05) is 18.8 Å². The lowest BCUT2D eigenvalue weighted by Gasteiger charge is -2.19. The van der Waals surface area contributed by atoms with E-state index in [2.05, 4.69) is 5.32 Å². The number of nitrogens with one attached hydrogen (secondary N) is 1. The smallest absolute Gasteiger partial charge is 0.241 e. The molecule has 1 saturated heterocycles. The molecule has 1 heterocycles. The van der Waals surface area contributed by atoms with Crippen LogP contribution in [0, 0.1) is 0 Å². The van der Waals surface area contributed by atoms with E-state index in [1.807, 2.05) is 11.8 Å². The molecule has 0 radical (unpaired) electrons. The Kier molecular flexibility index (Phi) is 5.49. The Bertz CT molecular complexity index is 227. The van der Waals surface area contributed by atoms with E-state index >= 15 is 0 Å². The maximum absolute atomic E-state index is 11.6. The normalized spacial score (nSPS) is 17.0. The van der Waals surface area contributed by atoms with Gasteiger partial charge in [-0.3, -0.25) is 9.59 Å². The highest BCUT2D eigenvalue weighted by Gasteiger charge is 2.15. The van der Waals surface area contributed by atoms with Crippen molar-refractivity contribution < 1.29 is 9.59 Å². The molecule has 0 atom stereocenters. The Morgan fingerprint density at radius 3 is 2.87 bits per heavy atom. The number of carbonyl (C=O) groups excluding carboxylic acids is 2. The molecule has 0 bridgehead atoms. The van der Waals surface area contributed by atoms with E-state index in [-0.39, 0.29) is 24.9 Å². The van der Waals surface area contributed by atoms with Crippen molar-refractivity contribution in [3.8, 4) is 0 Å². The van der Waals surface area contributed by atoms with Gasteiger partial charge in [-0.1, -0.05) is 0 Å². The van der Waals surface area contributed by atoms with Crippen molar-refractivity contribution in [1.29, 1.82) is 0 Å². The lowest BCUT2D eigenvalue weighted by Crippen LogP contribution is -2.42. The van der Waals surface area contributed by atoms with Crippen LogP contribution in [0.5, 0.6) is 0 Å². The highest BCUT2D eigenvalue weighted by Crippen LogP contribution is 2.09. The monoisotopic (exact) mass is 231 g/mol. The minimum Gasteiger partial charge on any atom is -0.346 e. The van der Waals surface area contributed by atoms with Gasteiger partial charge in [-0.05, 0) is 12.2 Å². The average Bonchev–Trinajstić information content (AvgIpc) is 2.53. The predicted octanol–water partition coefficient (Wildman–Crippen LogP) is -0.973. The van der Waals surface area contributed by atoms with E-state index in [1.165, 1.54) is 0 Å². The van der Waals surface area contributed by atoms with Crippen molar-refractivity contribution in [2.75, 3.05) is 37.7 Å². The fourth-order valence-electron chi connectivity index (χ4n) is 1.35. The number of hydrogen-bond acceptors (Lipinski definition) is 4. The van der Waals surface area contributed by atoms with Crippen LogP contribution in [-0.2, 0) is 9.59 Å². The molecule has 2 amide bonds. The van der Waals surface area contributed by atoms with Crippen molar-refractivity contribution in [3.63, 3.8) is 0 Å². The molecule has 1 rings (SSSR count).